The molecule has 0 bridgehead atoms. The van der Waals surface area contributed by atoms with E-state index in [1.807, 2.05) is 0 Å². The second-order valence-electron chi connectivity index (χ2n) is 4.96. The molecule has 0 unspecified atom stereocenters. The van der Waals surface area contributed by atoms with Crippen molar-refractivity contribution in [3.63, 3.8) is 0 Å². The molecule has 2 aromatic rings. The van der Waals surface area contributed by atoms with Crippen LogP contribution in [0.2, 0.25) is 0 Å². The Kier molecular flexibility index (Phi) is 5.07. The SMILES string of the molecule is C.C=C1[C@H](CO)[C@@H](O)C[C@@H]1n1cnc2c(=O)[nH]c(N)nc21.O. The van der Waals surface area contributed by atoms with E-state index in [2.05, 4.69) is 21.5 Å². The fourth-order valence-corrected chi connectivity index (χ4v) is 2.74. The number of aromatic amines is 1. The molecule has 1 aliphatic rings. The smallest absolute Gasteiger partial charge is 0.280 e. The number of aromatic nitrogens is 4. The number of H-pyrrole nitrogens is 1. The average molecular weight is 311 g/mol. The molecule has 9 heteroatoms. The Labute approximate surface area is 126 Å². The van der Waals surface area contributed by atoms with E-state index < -0.39 is 11.7 Å². The van der Waals surface area contributed by atoms with Crippen LogP contribution in [-0.4, -0.2) is 47.9 Å². The van der Waals surface area contributed by atoms with Crippen LogP contribution < -0.4 is 11.3 Å². The fraction of sp³-hybridized carbons (Fsp3) is 0.462. The summed E-state index contributed by atoms with van der Waals surface area (Å²) in [5.41, 5.74) is 6.37. The van der Waals surface area contributed by atoms with Crippen molar-refractivity contribution >= 4 is 17.1 Å². The maximum Gasteiger partial charge on any atom is 0.280 e. The van der Waals surface area contributed by atoms with Crippen molar-refractivity contribution in [1.29, 1.82) is 0 Å². The number of nitrogens with two attached hydrogens (primary N) is 1. The summed E-state index contributed by atoms with van der Waals surface area (Å²) in [5, 5.41) is 19.2. The summed E-state index contributed by atoms with van der Waals surface area (Å²) >= 11 is 0. The summed E-state index contributed by atoms with van der Waals surface area (Å²) in [5.74, 6) is -0.371. The van der Waals surface area contributed by atoms with E-state index in [4.69, 9.17) is 5.73 Å². The first kappa shape index (κ1) is 17.8. The molecule has 22 heavy (non-hydrogen) atoms. The Bertz CT molecular complexity index is 738. The summed E-state index contributed by atoms with van der Waals surface area (Å²) in [6.07, 6.45) is 1.20. The molecule has 0 radical (unpaired) electrons. The topological polar surface area (TPSA) is 162 Å². The van der Waals surface area contributed by atoms with Gasteiger partial charge in [-0.05, 0) is 12.0 Å². The molecule has 7 N–H and O–H groups in total. The van der Waals surface area contributed by atoms with E-state index in [9.17, 15) is 15.0 Å². The van der Waals surface area contributed by atoms with E-state index in [0.29, 0.717) is 17.6 Å². The molecule has 3 atom stereocenters. The molecule has 0 saturated heterocycles. The molecule has 0 spiro atoms. The number of aliphatic hydroxyl groups excluding tert-OH is 2. The van der Waals surface area contributed by atoms with E-state index >= 15 is 0 Å². The number of rotatable bonds is 2. The van der Waals surface area contributed by atoms with Crippen LogP contribution in [0.25, 0.3) is 11.2 Å². The number of anilines is 1. The second-order valence-corrected chi connectivity index (χ2v) is 4.96. The molecule has 2 aromatic heterocycles. The van der Waals surface area contributed by atoms with Gasteiger partial charge >= 0.3 is 0 Å². The van der Waals surface area contributed by atoms with Crippen molar-refractivity contribution in [2.45, 2.75) is 26.0 Å². The van der Waals surface area contributed by atoms with E-state index in [-0.39, 0.29) is 42.9 Å². The molecule has 1 aliphatic carbocycles. The molecule has 122 valence electrons. The highest BCUT2D eigenvalue weighted by atomic mass is 16.3. The van der Waals surface area contributed by atoms with Crippen LogP contribution in [0.5, 0.6) is 0 Å². The quantitative estimate of drug-likeness (QED) is 0.519. The predicted molar refractivity (Wildman–Crippen MR) is 82.3 cm³/mol. The van der Waals surface area contributed by atoms with Crippen LogP contribution in [0.15, 0.2) is 23.3 Å². The molecule has 0 aliphatic heterocycles. The monoisotopic (exact) mass is 311 g/mol. The number of fused-ring (bicyclic) bond motifs is 1. The lowest BCUT2D eigenvalue weighted by atomic mass is 10.0. The van der Waals surface area contributed by atoms with Gasteiger partial charge in [0, 0.05) is 5.92 Å². The molecule has 1 saturated carbocycles. The van der Waals surface area contributed by atoms with Gasteiger partial charge in [-0.3, -0.25) is 9.78 Å². The highest BCUT2D eigenvalue weighted by Gasteiger charge is 2.37. The van der Waals surface area contributed by atoms with Gasteiger partial charge < -0.3 is 26.0 Å². The largest absolute Gasteiger partial charge is 0.412 e. The zero-order valence-electron chi connectivity index (χ0n) is 11.2. The Balaban J connectivity index is 0.00000121. The van der Waals surface area contributed by atoms with Crippen molar-refractivity contribution < 1.29 is 15.7 Å². The maximum absolute atomic E-state index is 11.7. The van der Waals surface area contributed by atoms with Crippen LogP contribution in [0.3, 0.4) is 0 Å². The lowest BCUT2D eigenvalue weighted by molar-refractivity contribution is 0.101. The van der Waals surface area contributed by atoms with Gasteiger partial charge in [-0.15, -0.1) is 0 Å². The van der Waals surface area contributed by atoms with Crippen LogP contribution in [0, 0.1) is 5.92 Å². The molecule has 3 rings (SSSR count). The maximum atomic E-state index is 11.7. The lowest BCUT2D eigenvalue weighted by Crippen LogP contribution is -2.17. The summed E-state index contributed by atoms with van der Waals surface area (Å²) in [6.45, 7) is 3.76. The third-order valence-electron chi connectivity index (χ3n) is 3.82. The van der Waals surface area contributed by atoms with E-state index in [1.165, 1.54) is 6.33 Å². The molecular weight excluding hydrogens is 290 g/mol. The van der Waals surface area contributed by atoms with Crippen molar-refractivity contribution in [2.75, 3.05) is 12.3 Å². The Morgan fingerprint density at radius 2 is 2.23 bits per heavy atom. The van der Waals surface area contributed by atoms with Crippen molar-refractivity contribution in [3.8, 4) is 0 Å². The van der Waals surface area contributed by atoms with Crippen molar-refractivity contribution in [2.24, 2.45) is 5.92 Å². The zero-order chi connectivity index (χ0) is 14.4. The Hall–Kier alpha value is -2.23. The molecule has 0 amide bonds. The normalized spacial score (nSPS) is 24.1. The second kappa shape index (κ2) is 6.26. The Morgan fingerprint density at radius 3 is 2.82 bits per heavy atom. The number of nitrogen functional groups attached to an aromatic ring is 1. The van der Waals surface area contributed by atoms with Gasteiger partial charge in [0.25, 0.3) is 5.56 Å². The van der Waals surface area contributed by atoms with E-state index in [0.717, 1.165) is 0 Å². The first-order valence-electron chi connectivity index (χ1n) is 6.23. The number of imidazole rings is 1. The van der Waals surface area contributed by atoms with Crippen molar-refractivity contribution in [1.82, 2.24) is 19.5 Å². The minimum Gasteiger partial charge on any atom is -0.412 e. The highest BCUT2D eigenvalue weighted by molar-refractivity contribution is 5.70. The fourth-order valence-electron chi connectivity index (χ4n) is 2.74. The average Bonchev–Trinajstić information content (AvgIpc) is 2.91. The number of nitrogens with one attached hydrogen (secondary N) is 1. The summed E-state index contributed by atoms with van der Waals surface area (Å²) < 4.78 is 1.67. The molecule has 2 heterocycles. The molecule has 9 nitrogen and oxygen atoms in total. The first-order valence-corrected chi connectivity index (χ1v) is 6.23. The summed E-state index contributed by atoms with van der Waals surface area (Å²) in [4.78, 5) is 22.2. The third kappa shape index (κ3) is 2.49. The number of hydrogen-bond acceptors (Lipinski definition) is 6. The van der Waals surface area contributed by atoms with Crippen molar-refractivity contribution in [3.05, 3.63) is 28.8 Å². The van der Waals surface area contributed by atoms with Crippen LogP contribution in [-0.2, 0) is 0 Å². The van der Waals surface area contributed by atoms with Gasteiger partial charge in [0.15, 0.2) is 11.2 Å². The van der Waals surface area contributed by atoms with Gasteiger partial charge in [0.05, 0.1) is 25.1 Å². The minimum atomic E-state index is -0.672. The summed E-state index contributed by atoms with van der Waals surface area (Å²) in [6, 6.07) is -0.263. The standard InChI is InChI=1S/C12H15N5O3.CH4.H2O/c1-5-6(3-18)8(19)2-7(5)17-4-14-9-10(17)15-12(13)16-11(9)20;;/h4,6-8,18-19H,1-3H2,(H3,13,15,16,20);1H4;1H2/t6-,7-,8-;;/m0../s1. The van der Waals surface area contributed by atoms with Gasteiger partial charge in [0.1, 0.15) is 0 Å². The molecule has 0 aromatic carbocycles. The number of nitrogens with zero attached hydrogens (tertiary/aromatic N) is 3. The van der Waals surface area contributed by atoms with Gasteiger partial charge in [-0.1, -0.05) is 14.0 Å². The lowest BCUT2D eigenvalue weighted by Gasteiger charge is -2.15. The summed E-state index contributed by atoms with van der Waals surface area (Å²) in [7, 11) is 0. The van der Waals surface area contributed by atoms with Gasteiger partial charge in [-0.2, -0.15) is 4.98 Å². The van der Waals surface area contributed by atoms with Crippen LogP contribution in [0.1, 0.15) is 19.9 Å². The number of hydrogen-bond donors (Lipinski definition) is 4. The molecular formula is C13H21N5O4. The predicted octanol–water partition coefficient (Wildman–Crippen LogP) is -1.02. The molecule has 1 fully saturated rings. The van der Waals surface area contributed by atoms with Crippen LogP contribution >= 0.6 is 0 Å². The van der Waals surface area contributed by atoms with Gasteiger partial charge in [0.2, 0.25) is 5.95 Å². The van der Waals surface area contributed by atoms with E-state index in [1.54, 1.807) is 4.57 Å². The van der Waals surface area contributed by atoms with Crippen LogP contribution in [0.4, 0.5) is 5.95 Å². The van der Waals surface area contributed by atoms with Gasteiger partial charge in [-0.25, -0.2) is 4.98 Å². The third-order valence-corrected chi connectivity index (χ3v) is 3.82. The number of aliphatic hydroxyl groups is 2. The minimum absolute atomic E-state index is 0. The highest BCUT2D eigenvalue weighted by Crippen LogP contribution is 2.39. The first-order chi connectivity index (χ1) is 9.52. The zero-order valence-corrected chi connectivity index (χ0v) is 11.2. The Morgan fingerprint density at radius 1 is 1.55 bits per heavy atom.